The van der Waals surface area contributed by atoms with Gasteiger partial charge in [-0.1, -0.05) is 13.0 Å². The lowest BCUT2D eigenvalue weighted by Crippen LogP contribution is -2.16. The van der Waals surface area contributed by atoms with Crippen molar-refractivity contribution < 1.29 is 4.79 Å². The predicted octanol–water partition coefficient (Wildman–Crippen LogP) is 1.73. The molecule has 0 aromatic carbocycles. The fourth-order valence-electron chi connectivity index (χ4n) is 1.74. The van der Waals surface area contributed by atoms with Gasteiger partial charge in [-0.25, -0.2) is 0 Å². The first-order valence-corrected chi connectivity index (χ1v) is 5.36. The number of aromatic nitrogens is 2. The van der Waals surface area contributed by atoms with Gasteiger partial charge in [0.15, 0.2) is 0 Å². The molecule has 2 heterocycles. The van der Waals surface area contributed by atoms with Crippen molar-refractivity contribution in [3.05, 3.63) is 59.7 Å². The molecule has 0 radical (unpaired) electrons. The van der Waals surface area contributed by atoms with Gasteiger partial charge in [0.1, 0.15) is 0 Å². The summed E-state index contributed by atoms with van der Waals surface area (Å²) in [4.78, 5) is 19.8. The second-order valence-corrected chi connectivity index (χ2v) is 3.78. The Labute approximate surface area is 99.5 Å². The van der Waals surface area contributed by atoms with Crippen LogP contribution in [0.5, 0.6) is 0 Å². The number of carbonyl (C=O) groups excluding carboxylic acids is 1. The third-order valence-electron chi connectivity index (χ3n) is 2.65. The van der Waals surface area contributed by atoms with Crippen LogP contribution in [0.3, 0.4) is 0 Å². The highest BCUT2D eigenvalue weighted by molar-refractivity contribution is 5.94. The molecule has 0 aliphatic heterocycles. The number of nitrogens with zero attached hydrogens (tertiary/aromatic N) is 2. The molecular weight excluding hydrogens is 214 g/mol. The fraction of sp³-hybridized carbons (Fsp3) is 0.154. The minimum Gasteiger partial charge on any atom is -0.366 e. The van der Waals surface area contributed by atoms with E-state index in [1.165, 1.54) is 0 Å². The molecule has 0 bridgehead atoms. The van der Waals surface area contributed by atoms with Crippen molar-refractivity contribution in [3.63, 3.8) is 0 Å². The van der Waals surface area contributed by atoms with E-state index in [0.717, 1.165) is 5.69 Å². The van der Waals surface area contributed by atoms with Crippen molar-refractivity contribution >= 4 is 5.91 Å². The van der Waals surface area contributed by atoms with Gasteiger partial charge in [0, 0.05) is 24.0 Å². The van der Waals surface area contributed by atoms with Gasteiger partial charge in [-0.15, -0.1) is 0 Å². The van der Waals surface area contributed by atoms with Gasteiger partial charge in [-0.2, -0.15) is 0 Å². The second kappa shape index (κ2) is 4.74. The van der Waals surface area contributed by atoms with Crippen LogP contribution in [0.15, 0.2) is 42.7 Å². The summed E-state index contributed by atoms with van der Waals surface area (Å²) >= 11 is 0. The van der Waals surface area contributed by atoms with Crippen molar-refractivity contribution in [1.82, 2.24) is 9.97 Å². The van der Waals surface area contributed by atoms with E-state index in [2.05, 4.69) is 9.97 Å². The van der Waals surface area contributed by atoms with E-state index in [1.807, 2.05) is 25.1 Å². The maximum absolute atomic E-state index is 11.3. The summed E-state index contributed by atoms with van der Waals surface area (Å²) in [7, 11) is 0. The highest BCUT2D eigenvalue weighted by Gasteiger charge is 2.17. The number of hydrogen-bond acceptors (Lipinski definition) is 3. The van der Waals surface area contributed by atoms with Crippen LogP contribution in [0.2, 0.25) is 0 Å². The molecule has 4 nitrogen and oxygen atoms in total. The summed E-state index contributed by atoms with van der Waals surface area (Å²) in [5.41, 5.74) is 7.32. The molecule has 0 aliphatic carbocycles. The molecular formula is C13H13N3O. The highest BCUT2D eigenvalue weighted by atomic mass is 16.1. The maximum atomic E-state index is 11.3. The molecule has 0 spiro atoms. The predicted molar refractivity (Wildman–Crippen MR) is 64.5 cm³/mol. The van der Waals surface area contributed by atoms with E-state index in [0.29, 0.717) is 11.3 Å². The first-order chi connectivity index (χ1) is 8.20. The third-order valence-corrected chi connectivity index (χ3v) is 2.65. The topological polar surface area (TPSA) is 68.9 Å². The average Bonchev–Trinajstić information content (AvgIpc) is 2.39. The molecule has 0 saturated heterocycles. The van der Waals surface area contributed by atoms with Gasteiger partial charge >= 0.3 is 0 Å². The van der Waals surface area contributed by atoms with Gasteiger partial charge < -0.3 is 5.73 Å². The summed E-state index contributed by atoms with van der Waals surface area (Å²) in [5, 5.41) is 0. The van der Waals surface area contributed by atoms with Crippen molar-refractivity contribution in [2.75, 3.05) is 0 Å². The van der Waals surface area contributed by atoms with Crippen LogP contribution >= 0.6 is 0 Å². The van der Waals surface area contributed by atoms with Crippen molar-refractivity contribution in [1.29, 1.82) is 0 Å². The second-order valence-electron chi connectivity index (χ2n) is 3.78. The number of nitrogens with two attached hydrogens (primary N) is 1. The number of hydrogen-bond donors (Lipinski definition) is 1. The smallest absolute Gasteiger partial charge is 0.250 e. The summed E-state index contributed by atoms with van der Waals surface area (Å²) in [5.74, 6) is -0.518. The lowest BCUT2D eigenvalue weighted by atomic mass is 9.98. The zero-order valence-electron chi connectivity index (χ0n) is 9.50. The molecule has 2 aromatic rings. The number of amides is 1. The molecule has 0 aliphatic rings. The Balaban J connectivity index is 2.44. The average molecular weight is 227 g/mol. The zero-order chi connectivity index (χ0) is 12.3. The SMILES string of the molecule is C[C@@H](c1ccccn1)c1ncccc1C(N)=O. The van der Waals surface area contributed by atoms with E-state index in [-0.39, 0.29) is 5.92 Å². The van der Waals surface area contributed by atoms with Crippen molar-refractivity contribution in [2.45, 2.75) is 12.8 Å². The normalized spacial score (nSPS) is 12.1. The fourth-order valence-corrected chi connectivity index (χ4v) is 1.74. The Morgan fingerprint density at radius 3 is 2.59 bits per heavy atom. The van der Waals surface area contributed by atoms with Crippen LogP contribution in [0.25, 0.3) is 0 Å². The number of primary amides is 1. The Morgan fingerprint density at radius 1 is 1.18 bits per heavy atom. The van der Waals surface area contributed by atoms with E-state index in [4.69, 9.17) is 5.73 Å². The molecule has 2 aromatic heterocycles. The molecule has 2 rings (SSSR count). The molecule has 2 N–H and O–H groups in total. The third kappa shape index (κ3) is 2.30. The Kier molecular flexibility index (Phi) is 3.14. The van der Waals surface area contributed by atoms with Gasteiger partial charge in [0.2, 0.25) is 0 Å². The lowest BCUT2D eigenvalue weighted by Gasteiger charge is -2.12. The van der Waals surface area contributed by atoms with E-state index in [9.17, 15) is 4.79 Å². The molecule has 0 saturated carbocycles. The zero-order valence-corrected chi connectivity index (χ0v) is 9.50. The van der Waals surface area contributed by atoms with Crippen LogP contribution in [-0.4, -0.2) is 15.9 Å². The van der Waals surface area contributed by atoms with Crippen LogP contribution in [0.4, 0.5) is 0 Å². The van der Waals surface area contributed by atoms with Crippen LogP contribution in [-0.2, 0) is 0 Å². The molecule has 4 heteroatoms. The lowest BCUT2D eigenvalue weighted by molar-refractivity contribution is 0.0998. The van der Waals surface area contributed by atoms with Gasteiger partial charge in [-0.05, 0) is 24.3 Å². The largest absolute Gasteiger partial charge is 0.366 e. The van der Waals surface area contributed by atoms with Crippen molar-refractivity contribution in [3.8, 4) is 0 Å². The first-order valence-electron chi connectivity index (χ1n) is 5.36. The highest BCUT2D eigenvalue weighted by Crippen LogP contribution is 2.22. The molecule has 17 heavy (non-hydrogen) atoms. The van der Waals surface area contributed by atoms with Crippen LogP contribution in [0.1, 0.15) is 34.6 Å². The van der Waals surface area contributed by atoms with E-state index < -0.39 is 5.91 Å². The summed E-state index contributed by atoms with van der Waals surface area (Å²) in [6.07, 6.45) is 3.37. The Morgan fingerprint density at radius 2 is 1.94 bits per heavy atom. The number of carbonyl (C=O) groups is 1. The Hall–Kier alpha value is -2.23. The minimum atomic E-state index is -0.462. The molecule has 1 atom stereocenters. The van der Waals surface area contributed by atoms with Gasteiger partial charge in [-0.3, -0.25) is 14.8 Å². The Bertz CT molecular complexity index is 525. The van der Waals surface area contributed by atoms with Crippen LogP contribution < -0.4 is 5.73 Å². The molecule has 0 unspecified atom stereocenters. The number of pyridine rings is 2. The van der Waals surface area contributed by atoms with E-state index >= 15 is 0 Å². The van der Waals surface area contributed by atoms with Crippen LogP contribution in [0, 0.1) is 0 Å². The van der Waals surface area contributed by atoms with Gasteiger partial charge in [0.05, 0.1) is 11.3 Å². The maximum Gasteiger partial charge on any atom is 0.250 e. The van der Waals surface area contributed by atoms with E-state index in [1.54, 1.807) is 24.5 Å². The molecule has 0 fully saturated rings. The monoisotopic (exact) mass is 227 g/mol. The van der Waals surface area contributed by atoms with Gasteiger partial charge in [0.25, 0.3) is 5.91 Å². The summed E-state index contributed by atoms with van der Waals surface area (Å²) in [6, 6.07) is 9.05. The standard InChI is InChI=1S/C13H13N3O/c1-9(11-6-2-3-7-15-11)12-10(13(14)17)5-4-8-16-12/h2-9H,1H3,(H2,14,17)/t9-/m0/s1. The summed E-state index contributed by atoms with van der Waals surface area (Å²) in [6.45, 7) is 1.96. The van der Waals surface area contributed by atoms with Crippen molar-refractivity contribution in [2.24, 2.45) is 5.73 Å². The minimum absolute atomic E-state index is 0.0556. The molecule has 86 valence electrons. The quantitative estimate of drug-likeness (QED) is 0.868. The first kappa shape index (κ1) is 11.3. The molecule has 1 amide bonds. The number of rotatable bonds is 3. The summed E-state index contributed by atoms with van der Waals surface area (Å²) < 4.78 is 0.